The lowest BCUT2D eigenvalue weighted by molar-refractivity contribution is 0.420. The topological polar surface area (TPSA) is 38.3 Å². The van der Waals surface area contributed by atoms with E-state index < -0.39 is 0 Å². The van der Waals surface area contributed by atoms with E-state index in [4.69, 9.17) is 8.83 Å². The second-order valence-corrected chi connectivity index (χ2v) is 5.47. The molecular formula is C12H13Br2NO2. The van der Waals surface area contributed by atoms with Gasteiger partial charge in [-0.1, -0.05) is 0 Å². The van der Waals surface area contributed by atoms with Crippen LogP contribution in [-0.4, -0.2) is 6.04 Å². The fourth-order valence-electron chi connectivity index (χ4n) is 1.56. The molecule has 0 saturated heterocycles. The zero-order valence-corrected chi connectivity index (χ0v) is 12.5. The van der Waals surface area contributed by atoms with Gasteiger partial charge < -0.3 is 14.2 Å². The average Bonchev–Trinajstić information content (AvgIpc) is 2.87. The normalized spacial score (nSPS) is 12.9. The maximum Gasteiger partial charge on any atom is 0.183 e. The number of furan rings is 2. The summed E-state index contributed by atoms with van der Waals surface area (Å²) in [6.45, 7) is 2.82. The highest BCUT2D eigenvalue weighted by Gasteiger charge is 2.09. The van der Waals surface area contributed by atoms with Crippen molar-refractivity contribution in [2.45, 2.75) is 25.9 Å². The summed E-state index contributed by atoms with van der Waals surface area (Å²) in [7, 11) is 0. The molecule has 2 aromatic rings. The summed E-state index contributed by atoms with van der Waals surface area (Å²) < 4.78 is 12.5. The van der Waals surface area contributed by atoms with Crippen molar-refractivity contribution < 1.29 is 8.83 Å². The van der Waals surface area contributed by atoms with Gasteiger partial charge in [-0.2, -0.15) is 0 Å². The van der Waals surface area contributed by atoms with Crippen molar-refractivity contribution in [2.75, 3.05) is 0 Å². The van der Waals surface area contributed by atoms with Gasteiger partial charge in [-0.25, -0.2) is 0 Å². The van der Waals surface area contributed by atoms with Crippen LogP contribution < -0.4 is 5.32 Å². The molecule has 0 aliphatic heterocycles. The van der Waals surface area contributed by atoms with E-state index in [1.54, 1.807) is 6.26 Å². The lowest BCUT2D eigenvalue weighted by Gasteiger charge is -2.10. The van der Waals surface area contributed by atoms with Gasteiger partial charge in [0.1, 0.15) is 11.5 Å². The zero-order valence-electron chi connectivity index (χ0n) is 9.37. The van der Waals surface area contributed by atoms with Crippen molar-refractivity contribution in [3.05, 3.63) is 45.1 Å². The molecule has 0 bridgehead atoms. The molecular weight excluding hydrogens is 350 g/mol. The lowest BCUT2D eigenvalue weighted by Crippen LogP contribution is -2.27. The molecule has 3 nitrogen and oxygen atoms in total. The number of rotatable bonds is 5. The van der Waals surface area contributed by atoms with E-state index in [2.05, 4.69) is 44.1 Å². The molecule has 1 atom stereocenters. The molecule has 1 unspecified atom stereocenters. The fraction of sp³-hybridized carbons (Fsp3) is 0.333. The van der Waals surface area contributed by atoms with Gasteiger partial charge in [0.25, 0.3) is 0 Å². The lowest BCUT2D eigenvalue weighted by atomic mass is 10.2. The minimum Gasteiger partial charge on any atom is -0.469 e. The van der Waals surface area contributed by atoms with E-state index in [1.165, 1.54) is 0 Å². The maximum atomic E-state index is 5.48. The Labute approximate surface area is 117 Å². The van der Waals surface area contributed by atoms with Crippen LogP contribution in [-0.2, 0) is 13.0 Å². The summed E-state index contributed by atoms with van der Waals surface area (Å²) in [5.41, 5.74) is 0. The fourth-order valence-corrected chi connectivity index (χ4v) is 2.21. The second kappa shape index (κ2) is 5.89. The molecule has 2 aromatic heterocycles. The molecule has 0 saturated carbocycles. The van der Waals surface area contributed by atoms with Crippen molar-refractivity contribution in [1.82, 2.24) is 5.32 Å². The van der Waals surface area contributed by atoms with Gasteiger partial charge in [0.05, 0.1) is 17.3 Å². The summed E-state index contributed by atoms with van der Waals surface area (Å²) in [5, 5.41) is 3.38. The standard InChI is InChI=1S/C12H13Br2NO2/c1-8(5-9-3-2-4-16-9)15-7-10-6-11(13)12(14)17-10/h2-4,6,8,15H,5,7H2,1H3. The Kier molecular flexibility index (Phi) is 4.48. The molecule has 0 aliphatic rings. The van der Waals surface area contributed by atoms with E-state index >= 15 is 0 Å². The minimum absolute atomic E-state index is 0.337. The highest BCUT2D eigenvalue weighted by Crippen LogP contribution is 2.26. The van der Waals surface area contributed by atoms with E-state index in [-0.39, 0.29) is 0 Å². The van der Waals surface area contributed by atoms with E-state index in [1.807, 2.05) is 18.2 Å². The van der Waals surface area contributed by atoms with Gasteiger partial charge in [0.15, 0.2) is 4.67 Å². The first-order chi connectivity index (χ1) is 8.15. The molecule has 5 heteroatoms. The van der Waals surface area contributed by atoms with Crippen molar-refractivity contribution in [3.63, 3.8) is 0 Å². The molecule has 0 spiro atoms. The molecule has 0 radical (unpaired) electrons. The van der Waals surface area contributed by atoms with E-state index in [0.29, 0.717) is 12.6 Å². The molecule has 0 fully saturated rings. The number of hydrogen-bond acceptors (Lipinski definition) is 3. The van der Waals surface area contributed by atoms with Crippen LogP contribution in [0.3, 0.4) is 0 Å². The van der Waals surface area contributed by atoms with Crippen LogP contribution in [0.4, 0.5) is 0 Å². The Balaban J connectivity index is 1.81. The summed E-state index contributed by atoms with van der Waals surface area (Å²) in [6, 6.07) is 6.18. The first-order valence-corrected chi connectivity index (χ1v) is 6.93. The summed E-state index contributed by atoms with van der Waals surface area (Å²) in [6.07, 6.45) is 2.57. The first kappa shape index (κ1) is 12.9. The van der Waals surface area contributed by atoms with Crippen LogP contribution in [0, 0.1) is 0 Å². The minimum atomic E-state index is 0.337. The highest BCUT2D eigenvalue weighted by molar-refractivity contribution is 9.13. The van der Waals surface area contributed by atoms with Gasteiger partial charge >= 0.3 is 0 Å². The van der Waals surface area contributed by atoms with Gasteiger partial charge in [0.2, 0.25) is 0 Å². The first-order valence-electron chi connectivity index (χ1n) is 5.34. The van der Waals surface area contributed by atoms with Crippen molar-refractivity contribution >= 4 is 31.9 Å². The third kappa shape index (κ3) is 3.72. The average molecular weight is 363 g/mol. The number of halogens is 2. The number of nitrogens with one attached hydrogen (secondary N) is 1. The highest BCUT2D eigenvalue weighted by atomic mass is 79.9. The molecule has 0 amide bonds. The van der Waals surface area contributed by atoms with E-state index in [0.717, 1.165) is 27.1 Å². The molecule has 0 aromatic carbocycles. The number of hydrogen-bond donors (Lipinski definition) is 1. The Morgan fingerprint density at radius 3 is 2.76 bits per heavy atom. The Bertz CT molecular complexity index is 445. The van der Waals surface area contributed by atoms with Crippen LogP contribution in [0.5, 0.6) is 0 Å². The maximum absolute atomic E-state index is 5.48. The van der Waals surface area contributed by atoms with Crippen LogP contribution in [0.1, 0.15) is 18.4 Å². The molecule has 92 valence electrons. The van der Waals surface area contributed by atoms with Crippen LogP contribution in [0.2, 0.25) is 0 Å². The molecule has 17 heavy (non-hydrogen) atoms. The predicted molar refractivity (Wildman–Crippen MR) is 72.8 cm³/mol. The van der Waals surface area contributed by atoms with E-state index in [9.17, 15) is 0 Å². The molecule has 2 heterocycles. The summed E-state index contributed by atoms with van der Waals surface area (Å²) in [5.74, 6) is 1.89. The SMILES string of the molecule is CC(Cc1ccco1)NCc1cc(Br)c(Br)o1. The zero-order chi connectivity index (χ0) is 12.3. The second-order valence-electron chi connectivity index (χ2n) is 3.90. The van der Waals surface area contributed by atoms with Gasteiger partial charge in [-0.05, 0) is 57.0 Å². The third-order valence-corrected chi connectivity index (χ3v) is 4.12. The summed E-state index contributed by atoms with van der Waals surface area (Å²) in [4.78, 5) is 0. The Hall–Kier alpha value is -0.520. The Morgan fingerprint density at radius 1 is 1.35 bits per heavy atom. The smallest absolute Gasteiger partial charge is 0.183 e. The van der Waals surface area contributed by atoms with Crippen molar-refractivity contribution in [2.24, 2.45) is 0 Å². The monoisotopic (exact) mass is 361 g/mol. The Morgan fingerprint density at radius 2 is 2.18 bits per heavy atom. The van der Waals surface area contributed by atoms with Gasteiger partial charge in [-0.15, -0.1) is 0 Å². The van der Waals surface area contributed by atoms with Gasteiger partial charge in [0, 0.05) is 12.5 Å². The van der Waals surface area contributed by atoms with Crippen molar-refractivity contribution in [3.8, 4) is 0 Å². The van der Waals surface area contributed by atoms with Crippen LogP contribution in [0.25, 0.3) is 0 Å². The molecule has 0 aliphatic carbocycles. The van der Waals surface area contributed by atoms with Crippen LogP contribution in [0.15, 0.2) is 42.4 Å². The quantitative estimate of drug-likeness (QED) is 0.869. The van der Waals surface area contributed by atoms with Crippen LogP contribution >= 0.6 is 31.9 Å². The molecule has 1 N–H and O–H groups in total. The largest absolute Gasteiger partial charge is 0.469 e. The van der Waals surface area contributed by atoms with Gasteiger partial charge in [-0.3, -0.25) is 0 Å². The summed E-state index contributed by atoms with van der Waals surface area (Å²) >= 11 is 6.70. The molecule has 2 rings (SSSR count). The predicted octanol–water partition coefficient (Wildman–Crippen LogP) is 4.12. The third-order valence-electron chi connectivity index (χ3n) is 2.41. The van der Waals surface area contributed by atoms with Crippen molar-refractivity contribution in [1.29, 1.82) is 0 Å².